The number of halogens is 1. The fourth-order valence-electron chi connectivity index (χ4n) is 3.36. The number of anilines is 1. The number of nitrogens with two attached hydrogens (primary N) is 1. The average molecular weight is 342 g/mol. The zero-order valence-corrected chi connectivity index (χ0v) is 14.8. The molecule has 0 saturated carbocycles. The van der Waals surface area contributed by atoms with E-state index in [1.54, 1.807) is 6.07 Å². The van der Waals surface area contributed by atoms with Crippen molar-refractivity contribution in [1.29, 1.82) is 0 Å². The second-order valence-corrected chi connectivity index (χ2v) is 6.70. The largest absolute Gasteiger partial charge is 0.382 e. The summed E-state index contributed by atoms with van der Waals surface area (Å²) in [6.07, 6.45) is 4.22. The molecule has 1 saturated heterocycles. The van der Waals surface area contributed by atoms with Gasteiger partial charge in [-0.2, -0.15) is 0 Å². The van der Waals surface area contributed by atoms with Crippen molar-refractivity contribution in [2.75, 3.05) is 18.5 Å². The molecular weight excluding hydrogens is 315 g/mol. The fraction of sp³-hybridized carbons (Fsp3) is 0.429. The first-order chi connectivity index (χ1) is 12.2. The summed E-state index contributed by atoms with van der Waals surface area (Å²) in [5.74, 6) is -0.209. The molecular formula is C21H27FN2O. The molecule has 2 aromatic carbocycles. The van der Waals surface area contributed by atoms with Gasteiger partial charge in [0.2, 0.25) is 0 Å². The molecule has 1 heterocycles. The summed E-state index contributed by atoms with van der Waals surface area (Å²) < 4.78 is 20.6. The molecule has 0 unspecified atom stereocenters. The van der Waals surface area contributed by atoms with E-state index in [0.29, 0.717) is 11.1 Å². The molecule has 1 aliphatic rings. The van der Waals surface area contributed by atoms with Gasteiger partial charge in [-0.3, -0.25) is 0 Å². The molecule has 4 heteroatoms. The Hall–Kier alpha value is -1.91. The van der Waals surface area contributed by atoms with Crippen molar-refractivity contribution in [2.24, 2.45) is 5.73 Å². The lowest BCUT2D eigenvalue weighted by Gasteiger charge is -2.16. The van der Waals surface area contributed by atoms with Crippen molar-refractivity contribution in [3.8, 4) is 11.1 Å². The highest BCUT2D eigenvalue weighted by Gasteiger charge is 2.16. The molecule has 0 bridgehead atoms. The second kappa shape index (κ2) is 8.45. The van der Waals surface area contributed by atoms with Crippen LogP contribution in [-0.2, 0) is 4.74 Å². The Morgan fingerprint density at radius 2 is 2.12 bits per heavy atom. The summed E-state index contributed by atoms with van der Waals surface area (Å²) in [4.78, 5) is 0. The van der Waals surface area contributed by atoms with Crippen LogP contribution in [0.15, 0.2) is 42.5 Å². The molecule has 1 fully saturated rings. The number of rotatable bonds is 7. The molecule has 25 heavy (non-hydrogen) atoms. The standard InChI is InChI=1S/C21H27FN2O/c1-2-6-20(23)19-11-4-10-18(21(19)22)15-7-3-8-16(13-15)24-14-17-9-5-12-25-17/h3-4,7-8,10-11,13,17,20,24H,2,5-6,9,12,14,23H2,1H3/t17-,20+/m0/s1. The minimum atomic E-state index is -0.259. The zero-order valence-electron chi connectivity index (χ0n) is 14.8. The maximum Gasteiger partial charge on any atom is 0.135 e. The van der Waals surface area contributed by atoms with E-state index in [1.165, 1.54) is 0 Å². The third-order valence-electron chi connectivity index (χ3n) is 4.76. The van der Waals surface area contributed by atoms with Crippen LogP contribution in [0, 0.1) is 5.82 Å². The van der Waals surface area contributed by atoms with Gasteiger partial charge < -0.3 is 15.8 Å². The Balaban J connectivity index is 1.79. The van der Waals surface area contributed by atoms with Crippen LogP contribution in [-0.4, -0.2) is 19.3 Å². The number of hydrogen-bond acceptors (Lipinski definition) is 3. The van der Waals surface area contributed by atoms with Crippen molar-refractivity contribution < 1.29 is 9.13 Å². The van der Waals surface area contributed by atoms with Crippen molar-refractivity contribution in [3.05, 3.63) is 53.8 Å². The molecule has 1 aliphatic heterocycles. The molecule has 3 nitrogen and oxygen atoms in total. The molecule has 0 aliphatic carbocycles. The Morgan fingerprint density at radius 1 is 1.28 bits per heavy atom. The van der Waals surface area contributed by atoms with Gasteiger partial charge in [-0.05, 0) is 37.0 Å². The van der Waals surface area contributed by atoms with Gasteiger partial charge in [-0.1, -0.05) is 43.7 Å². The lowest BCUT2D eigenvalue weighted by molar-refractivity contribution is 0.120. The number of hydrogen-bond donors (Lipinski definition) is 2. The number of ether oxygens (including phenoxy) is 1. The van der Waals surface area contributed by atoms with Crippen LogP contribution in [0.1, 0.15) is 44.2 Å². The highest BCUT2D eigenvalue weighted by Crippen LogP contribution is 2.30. The second-order valence-electron chi connectivity index (χ2n) is 6.70. The fourth-order valence-corrected chi connectivity index (χ4v) is 3.36. The molecule has 0 amide bonds. The average Bonchev–Trinajstić information content (AvgIpc) is 3.14. The van der Waals surface area contributed by atoms with Gasteiger partial charge in [-0.25, -0.2) is 4.39 Å². The zero-order chi connectivity index (χ0) is 17.6. The lowest BCUT2D eigenvalue weighted by atomic mass is 9.96. The van der Waals surface area contributed by atoms with Crippen LogP contribution in [0.25, 0.3) is 11.1 Å². The molecule has 0 aromatic heterocycles. The minimum absolute atomic E-state index is 0.209. The van der Waals surface area contributed by atoms with Crippen molar-refractivity contribution in [1.82, 2.24) is 0 Å². The number of nitrogens with one attached hydrogen (secondary N) is 1. The summed E-state index contributed by atoms with van der Waals surface area (Å²) >= 11 is 0. The highest BCUT2D eigenvalue weighted by atomic mass is 19.1. The highest BCUT2D eigenvalue weighted by molar-refractivity contribution is 5.69. The van der Waals surface area contributed by atoms with E-state index in [2.05, 4.69) is 12.2 Å². The Bertz CT molecular complexity index is 698. The van der Waals surface area contributed by atoms with E-state index in [9.17, 15) is 4.39 Å². The van der Waals surface area contributed by atoms with Crippen LogP contribution in [0.3, 0.4) is 0 Å². The molecule has 134 valence electrons. The third-order valence-corrected chi connectivity index (χ3v) is 4.76. The van der Waals surface area contributed by atoms with Gasteiger partial charge in [0, 0.05) is 36.0 Å². The summed E-state index contributed by atoms with van der Waals surface area (Å²) in [7, 11) is 0. The first kappa shape index (κ1) is 17.9. The van der Waals surface area contributed by atoms with Crippen molar-refractivity contribution >= 4 is 5.69 Å². The first-order valence-corrected chi connectivity index (χ1v) is 9.19. The summed E-state index contributed by atoms with van der Waals surface area (Å²) in [6.45, 7) is 3.70. The molecule has 2 atom stereocenters. The molecule has 0 spiro atoms. The van der Waals surface area contributed by atoms with E-state index >= 15 is 0 Å². The Kier molecular flexibility index (Phi) is 6.05. The van der Waals surface area contributed by atoms with Gasteiger partial charge in [0.25, 0.3) is 0 Å². The SMILES string of the molecule is CCC[C@@H](N)c1cccc(-c2cccc(NC[C@@H]3CCCO3)c2)c1F. The molecule has 2 aromatic rings. The van der Waals surface area contributed by atoms with Crippen molar-refractivity contribution in [2.45, 2.75) is 44.8 Å². The van der Waals surface area contributed by atoms with E-state index in [-0.39, 0.29) is 18.0 Å². The van der Waals surface area contributed by atoms with E-state index in [1.807, 2.05) is 36.4 Å². The summed E-state index contributed by atoms with van der Waals surface area (Å²) in [5, 5.41) is 3.40. The first-order valence-electron chi connectivity index (χ1n) is 9.19. The summed E-state index contributed by atoms with van der Waals surface area (Å²) in [5.41, 5.74) is 9.17. The van der Waals surface area contributed by atoms with Crippen LogP contribution < -0.4 is 11.1 Å². The Labute approximate surface area is 149 Å². The monoisotopic (exact) mass is 342 g/mol. The predicted molar refractivity (Wildman–Crippen MR) is 101 cm³/mol. The number of benzene rings is 2. The van der Waals surface area contributed by atoms with Gasteiger partial charge in [0.15, 0.2) is 0 Å². The van der Waals surface area contributed by atoms with Gasteiger partial charge in [0.1, 0.15) is 5.82 Å². The maximum absolute atomic E-state index is 15.0. The van der Waals surface area contributed by atoms with Gasteiger partial charge in [0.05, 0.1) is 6.10 Å². The maximum atomic E-state index is 15.0. The predicted octanol–water partition coefficient (Wildman–Crippen LogP) is 4.88. The van der Waals surface area contributed by atoms with Crippen LogP contribution in [0.4, 0.5) is 10.1 Å². The van der Waals surface area contributed by atoms with Crippen LogP contribution >= 0.6 is 0 Å². The molecule has 0 radical (unpaired) electrons. The van der Waals surface area contributed by atoms with Gasteiger partial charge >= 0.3 is 0 Å². The molecule has 3 rings (SSSR count). The van der Waals surface area contributed by atoms with Crippen LogP contribution in [0.2, 0.25) is 0 Å². The minimum Gasteiger partial charge on any atom is -0.382 e. The van der Waals surface area contributed by atoms with Crippen molar-refractivity contribution in [3.63, 3.8) is 0 Å². The smallest absolute Gasteiger partial charge is 0.135 e. The van der Waals surface area contributed by atoms with Crippen LogP contribution in [0.5, 0.6) is 0 Å². The third kappa shape index (κ3) is 4.39. The topological polar surface area (TPSA) is 47.3 Å². The van der Waals surface area contributed by atoms with E-state index in [0.717, 1.165) is 50.1 Å². The normalized spacial score (nSPS) is 18.3. The van der Waals surface area contributed by atoms with Gasteiger partial charge in [-0.15, -0.1) is 0 Å². The quantitative estimate of drug-likeness (QED) is 0.753. The summed E-state index contributed by atoms with van der Waals surface area (Å²) in [6, 6.07) is 13.1. The van der Waals surface area contributed by atoms with E-state index < -0.39 is 0 Å². The van der Waals surface area contributed by atoms with E-state index in [4.69, 9.17) is 10.5 Å². The lowest BCUT2D eigenvalue weighted by Crippen LogP contribution is -2.18. The Morgan fingerprint density at radius 3 is 2.88 bits per heavy atom. The molecule has 3 N–H and O–H groups in total.